The molecule has 4 bridgehead atoms. The fourth-order valence-electron chi connectivity index (χ4n) is 6.49. The molecule has 3 heterocycles. The fraction of sp³-hybridized carbons (Fsp3) is 0.314. The van der Waals surface area contributed by atoms with Crippen LogP contribution in [0.25, 0.3) is 22.0 Å². The van der Waals surface area contributed by atoms with E-state index in [1.165, 1.54) is 0 Å². The molecule has 3 unspecified atom stereocenters. The summed E-state index contributed by atoms with van der Waals surface area (Å²) < 4.78 is 13.8. The summed E-state index contributed by atoms with van der Waals surface area (Å²) in [5.74, 6) is -1.19. The van der Waals surface area contributed by atoms with Gasteiger partial charge in [-0.3, -0.25) is 14.4 Å². The molecule has 0 spiro atoms. The summed E-state index contributed by atoms with van der Waals surface area (Å²) in [6.45, 7) is 12.2. The van der Waals surface area contributed by atoms with Crippen molar-refractivity contribution in [2.24, 2.45) is 5.92 Å². The lowest BCUT2D eigenvalue weighted by atomic mass is 9.91. The SMILES string of the molecule is C=CC(=O)OCCCCCNC(=O)C1CC2Nc3ccccc3C(=C)/C(C=O)=C(/C=O)c3c(C)n(c4ccccc34)C1(C)O2. The number of para-hydroxylation sites is 2. The van der Waals surface area contributed by atoms with Crippen LogP contribution in [-0.4, -0.2) is 48.4 Å². The van der Waals surface area contributed by atoms with Crippen molar-refractivity contribution in [2.45, 2.75) is 51.5 Å². The third-order valence-electron chi connectivity index (χ3n) is 8.57. The zero-order valence-corrected chi connectivity index (χ0v) is 25.1. The first-order valence-corrected chi connectivity index (χ1v) is 14.8. The highest BCUT2D eigenvalue weighted by atomic mass is 16.5. The lowest BCUT2D eigenvalue weighted by Crippen LogP contribution is -2.45. The molecule has 0 aliphatic carbocycles. The van der Waals surface area contributed by atoms with Crippen LogP contribution in [-0.2, 0) is 34.4 Å². The minimum Gasteiger partial charge on any atom is -0.463 e. The van der Waals surface area contributed by atoms with Gasteiger partial charge in [0.15, 0.2) is 18.3 Å². The molecule has 1 amide bonds. The van der Waals surface area contributed by atoms with E-state index in [1.54, 1.807) is 0 Å². The Morgan fingerprint density at radius 3 is 2.57 bits per heavy atom. The molecule has 3 atom stereocenters. The number of unbranched alkanes of at least 4 members (excludes halogenated alkanes) is 2. The standard InChI is InChI=1S/C35H37N3O6/c1-5-32(41)43-18-12-6-11-17-36-34(42)28-19-31-37-29-15-9-7-13-24(29)22(2)26(20-39)27(21-40)33-23(3)38(35(28,4)44-31)30-16-10-8-14-25(30)33/h5,7-10,13-16,20-21,28,31,37H,1-2,6,11-12,17-19H2,3-4H3,(H,36,42)/b27-26-. The number of aldehydes is 2. The van der Waals surface area contributed by atoms with Crippen molar-refractivity contribution in [3.8, 4) is 0 Å². The van der Waals surface area contributed by atoms with E-state index in [1.807, 2.05) is 66.9 Å². The lowest BCUT2D eigenvalue weighted by molar-refractivity contribution is -0.140. The first kappa shape index (κ1) is 30.7. The summed E-state index contributed by atoms with van der Waals surface area (Å²) >= 11 is 0. The van der Waals surface area contributed by atoms with Crippen LogP contribution in [0.1, 0.15) is 49.4 Å². The lowest BCUT2D eigenvalue weighted by Gasteiger charge is -2.34. The number of amides is 1. The van der Waals surface area contributed by atoms with Crippen LogP contribution in [0.4, 0.5) is 5.69 Å². The molecule has 2 aliphatic heterocycles. The molecule has 9 nitrogen and oxygen atoms in total. The van der Waals surface area contributed by atoms with Crippen molar-refractivity contribution in [3.63, 3.8) is 0 Å². The molecule has 228 valence electrons. The van der Waals surface area contributed by atoms with Gasteiger partial charge in [-0.05, 0) is 50.8 Å². The van der Waals surface area contributed by atoms with Gasteiger partial charge in [0.2, 0.25) is 5.91 Å². The number of allylic oxidation sites excluding steroid dienone is 3. The number of esters is 1. The molecule has 9 heteroatoms. The fourth-order valence-corrected chi connectivity index (χ4v) is 6.49. The summed E-state index contributed by atoms with van der Waals surface area (Å²) in [5, 5.41) is 7.30. The Bertz CT molecular complexity index is 1680. The number of nitrogens with one attached hydrogen (secondary N) is 2. The Labute approximate surface area is 256 Å². The van der Waals surface area contributed by atoms with Crippen molar-refractivity contribution >= 4 is 52.2 Å². The zero-order chi connectivity index (χ0) is 31.4. The van der Waals surface area contributed by atoms with Crippen molar-refractivity contribution < 1.29 is 28.7 Å². The van der Waals surface area contributed by atoms with E-state index in [2.05, 4.69) is 23.8 Å². The van der Waals surface area contributed by atoms with Crippen molar-refractivity contribution in [1.82, 2.24) is 9.88 Å². The van der Waals surface area contributed by atoms with E-state index in [-0.39, 0.29) is 17.1 Å². The summed E-state index contributed by atoms with van der Waals surface area (Å²) in [6, 6.07) is 15.0. The first-order chi connectivity index (χ1) is 21.2. The first-order valence-electron chi connectivity index (χ1n) is 14.8. The maximum Gasteiger partial charge on any atom is 0.330 e. The molecule has 0 saturated carbocycles. The second-order valence-electron chi connectivity index (χ2n) is 11.2. The molecule has 2 N–H and O–H groups in total. The Balaban J connectivity index is 1.56. The van der Waals surface area contributed by atoms with Gasteiger partial charge >= 0.3 is 5.97 Å². The highest BCUT2D eigenvalue weighted by Gasteiger charge is 2.52. The largest absolute Gasteiger partial charge is 0.463 e. The average Bonchev–Trinajstić information content (AvgIpc) is 3.52. The molecule has 1 fully saturated rings. The number of aromatic nitrogens is 1. The van der Waals surface area contributed by atoms with Gasteiger partial charge in [-0.2, -0.15) is 0 Å². The van der Waals surface area contributed by atoms with Crippen LogP contribution < -0.4 is 10.6 Å². The van der Waals surface area contributed by atoms with Gasteiger partial charge < -0.3 is 24.7 Å². The minimum atomic E-state index is -1.14. The highest BCUT2D eigenvalue weighted by Crippen LogP contribution is 2.47. The topological polar surface area (TPSA) is 116 Å². The van der Waals surface area contributed by atoms with Crippen LogP contribution >= 0.6 is 0 Å². The maximum atomic E-state index is 13.9. The second-order valence-corrected chi connectivity index (χ2v) is 11.2. The number of nitrogens with zero attached hydrogens (tertiary/aromatic N) is 1. The number of fused-ring (bicyclic) bond motifs is 9. The Kier molecular flexibility index (Phi) is 8.96. The van der Waals surface area contributed by atoms with E-state index >= 15 is 0 Å². The smallest absolute Gasteiger partial charge is 0.330 e. The van der Waals surface area contributed by atoms with Crippen molar-refractivity contribution in [3.05, 3.63) is 90.2 Å². The normalized spacial score (nSPS) is 22.6. The van der Waals surface area contributed by atoms with E-state index in [0.29, 0.717) is 66.6 Å². The average molecular weight is 596 g/mol. The Morgan fingerprint density at radius 1 is 1.09 bits per heavy atom. The molecule has 2 aliphatic rings. The number of benzene rings is 2. The van der Waals surface area contributed by atoms with Crippen molar-refractivity contribution in [2.75, 3.05) is 18.5 Å². The van der Waals surface area contributed by atoms with Crippen molar-refractivity contribution in [1.29, 1.82) is 0 Å². The predicted molar refractivity (Wildman–Crippen MR) is 169 cm³/mol. The van der Waals surface area contributed by atoms with E-state index in [0.717, 1.165) is 29.8 Å². The van der Waals surface area contributed by atoms with Gasteiger partial charge in [0, 0.05) is 58.1 Å². The summed E-state index contributed by atoms with van der Waals surface area (Å²) in [7, 11) is 0. The van der Waals surface area contributed by atoms with Crippen LogP contribution in [0, 0.1) is 12.8 Å². The molecule has 1 aromatic heterocycles. The zero-order valence-electron chi connectivity index (χ0n) is 25.1. The Hall–Kier alpha value is -4.76. The summed E-state index contributed by atoms with van der Waals surface area (Å²) in [5.41, 5.74) is 3.13. The van der Waals surface area contributed by atoms with Gasteiger partial charge in [-0.1, -0.05) is 49.6 Å². The summed E-state index contributed by atoms with van der Waals surface area (Å²) in [4.78, 5) is 50.5. The Morgan fingerprint density at radius 2 is 1.82 bits per heavy atom. The third kappa shape index (κ3) is 5.51. The summed E-state index contributed by atoms with van der Waals surface area (Å²) in [6.07, 6.45) is 4.54. The van der Waals surface area contributed by atoms with Gasteiger partial charge in [0.1, 0.15) is 6.23 Å². The van der Waals surface area contributed by atoms with E-state index in [9.17, 15) is 19.2 Å². The molecule has 0 radical (unpaired) electrons. The molecule has 44 heavy (non-hydrogen) atoms. The predicted octanol–water partition coefficient (Wildman–Crippen LogP) is 5.29. The number of carbonyl (C=O) groups excluding carboxylic acids is 4. The number of rotatable bonds is 10. The number of carbonyl (C=O) groups is 4. The third-order valence-corrected chi connectivity index (χ3v) is 8.57. The quantitative estimate of drug-likeness (QED) is 0.142. The van der Waals surface area contributed by atoms with Gasteiger partial charge in [-0.25, -0.2) is 4.79 Å². The highest BCUT2D eigenvalue weighted by molar-refractivity contribution is 6.24. The van der Waals surface area contributed by atoms with Crippen LogP contribution in [0.3, 0.4) is 0 Å². The van der Waals surface area contributed by atoms with Crippen LogP contribution in [0.2, 0.25) is 0 Å². The van der Waals surface area contributed by atoms with E-state index < -0.39 is 23.8 Å². The molecule has 2 aromatic carbocycles. The molecular weight excluding hydrogens is 558 g/mol. The van der Waals surface area contributed by atoms with Crippen LogP contribution in [0.15, 0.2) is 73.3 Å². The van der Waals surface area contributed by atoms with Gasteiger partial charge in [0.25, 0.3) is 0 Å². The van der Waals surface area contributed by atoms with Crippen LogP contribution in [0.5, 0.6) is 0 Å². The monoisotopic (exact) mass is 595 g/mol. The number of ether oxygens (including phenoxy) is 2. The molecule has 3 aromatic rings. The number of anilines is 1. The molecule has 5 rings (SSSR count). The number of hydrogen-bond donors (Lipinski definition) is 2. The van der Waals surface area contributed by atoms with E-state index in [4.69, 9.17) is 9.47 Å². The molecule has 1 saturated heterocycles. The second kappa shape index (κ2) is 12.9. The maximum absolute atomic E-state index is 13.9. The molecular formula is C35H37N3O6. The van der Waals surface area contributed by atoms with Gasteiger partial charge in [0.05, 0.1) is 18.0 Å². The van der Waals surface area contributed by atoms with Gasteiger partial charge in [-0.15, -0.1) is 0 Å². The number of hydrogen-bond acceptors (Lipinski definition) is 7. The minimum absolute atomic E-state index is 0.152.